The molecule has 0 N–H and O–H groups in total. The highest BCUT2D eigenvalue weighted by molar-refractivity contribution is 5.77. The van der Waals surface area contributed by atoms with Gasteiger partial charge in [-0.15, -0.1) is 0 Å². The summed E-state index contributed by atoms with van der Waals surface area (Å²) in [7, 11) is 3.27. The lowest BCUT2D eigenvalue weighted by atomic mass is 9.82. The topological polar surface area (TPSA) is 59.1 Å². The third kappa shape index (κ3) is 4.37. The Labute approximate surface area is 161 Å². The molecule has 0 bridgehead atoms. The Bertz CT molecular complexity index is 691. The first-order chi connectivity index (χ1) is 13.0. The van der Waals surface area contributed by atoms with Gasteiger partial charge in [0.2, 0.25) is 11.8 Å². The second-order valence-corrected chi connectivity index (χ2v) is 7.55. The van der Waals surface area contributed by atoms with Crippen molar-refractivity contribution in [1.82, 2.24) is 9.80 Å². The largest absolute Gasteiger partial charge is 0.493 e. The van der Waals surface area contributed by atoms with Crippen LogP contribution in [0.25, 0.3) is 0 Å². The van der Waals surface area contributed by atoms with Crippen LogP contribution in [0, 0.1) is 11.8 Å². The molecule has 1 aromatic carbocycles. The Hall–Kier alpha value is -2.24. The van der Waals surface area contributed by atoms with Crippen LogP contribution in [0.3, 0.4) is 0 Å². The summed E-state index contributed by atoms with van der Waals surface area (Å²) in [4.78, 5) is 28.4. The highest BCUT2D eigenvalue weighted by Crippen LogP contribution is 2.34. The van der Waals surface area contributed by atoms with Crippen molar-refractivity contribution in [2.75, 3.05) is 40.4 Å². The number of fused-ring (bicyclic) bond motifs is 1. The van der Waals surface area contributed by atoms with E-state index in [-0.39, 0.29) is 11.8 Å². The quantitative estimate of drug-likeness (QED) is 0.794. The van der Waals surface area contributed by atoms with Gasteiger partial charge >= 0.3 is 0 Å². The number of methoxy groups -OCH3 is 2. The Morgan fingerprint density at radius 3 is 2.63 bits per heavy atom. The number of benzene rings is 1. The van der Waals surface area contributed by atoms with Crippen molar-refractivity contribution < 1.29 is 19.1 Å². The molecule has 0 spiro atoms. The monoisotopic (exact) mass is 374 g/mol. The van der Waals surface area contributed by atoms with Crippen LogP contribution in [0.5, 0.6) is 11.5 Å². The normalized spacial score (nSPS) is 22.9. The molecule has 0 aliphatic carbocycles. The molecular weight excluding hydrogens is 344 g/mol. The average molecular weight is 374 g/mol. The van der Waals surface area contributed by atoms with Crippen LogP contribution in [0.4, 0.5) is 0 Å². The summed E-state index contributed by atoms with van der Waals surface area (Å²) >= 11 is 0. The third-order valence-electron chi connectivity index (χ3n) is 6.03. The van der Waals surface area contributed by atoms with E-state index in [0.29, 0.717) is 30.6 Å². The lowest BCUT2D eigenvalue weighted by Gasteiger charge is -2.36. The van der Waals surface area contributed by atoms with E-state index < -0.39 is 0 Å². The van der Waals surface area contributed by atoms with E-state index >= 15 is 0 Å². The molecule has 6 heteroatoms. The van der Waals surface area contributed by atoms with E-state index in [1.807, 2.05) is 28.0 Å². The van der Waals surface area contributed by atoms with Gasteiger partial charge in [-0.25, -0.2) is 0 Å². The van der Waals surface area contributed by atoms with Gasteiger partial charge < -0.3 is 19.3 Å². The number of hydrogen-bond donors (Lipinski definition) is 0. The minimum absolute atomic E-state index is 0.144. The summed E-state index contributed by atoms with van der Waals surface area (Å²) in [6.45, 7) is 4.65. The van der Waals surface area contributed by atoms with Crippen molar-refractivity contribution in [1.29, 1.82) is 0 Å². The fourth-order valence-corrected chi connectivity index (χ4v) is 4.40. The van der Waals surface area contributed by atoms with Gasteiger partial charge in [0, 0.05) is 39.5 Å². The van der Waals surface area contributed by atoms with Gasteiger partial charge in [-0.05, 0) is 42.7 Å². The molecule has 1 aromatic rings. The number of ether oxygens (including phenoxy) is 2. The zero-order valence-electron chi connectivity index (χ0n) is 16.6. The first-order valence-electron chi connectivity index (χ1n) is 9.76. The number of rotatable bonds is 5. The van der Waals surface area contributed by atoms with Crippen molar-refractivity contribution in [3.05, 3.63) is 23.8 Å². The number of piperidine rings is 1. The van der Waals surface area contributed by atoms with E-state index in [1.54, 1.807) is 21.1 Å². The van der Waals surface area contributed by atoms with E-state index in [0.717, 1.165) is 50.2 Å². The number of amides is 2. The van der Waals surface area contributed by atoms with Crippen molar-refractivity contribution in [2.45, 2.75) is 32.6 Å². The molecule has 2 aliphatic heterocycles. The Kier molecular flexibility index (Phi) is 6.24. The predicted octanol–water partition coefficient (Wildman–Crippen LogP) is 2.35. The maximum Gasteiger partial charge on any atom is 0.222 e. The van der Waals surface area contributed by atoms with Gasteiger partial charge in [0.05, 0.1) is 14.2 Å². The minimum atomic E-state index is 0.144. The molecule has 2 fully saturated rings. The molecule has 6 nitrogen and oxygen atoms in total. The molecule has 2 aliphatic rings. The first-order valence-corrected chi connectivity index (χ1v) is 9.76. The Morgan fingerprint density at radius 2 is 1.93 bits per heavy atom. The van der Waals surface area contributed by atoms with Crippen LogP contribution < -0.4 is 9.47 Å². The Morgan fingerprint density at radius 1 is 1.15 bits per heavy atom. The van der Waals surface area contributed by atoms with Crippen LogP contribution in [0.15, 0.2) is 18.2 Å². The van der Waals surface area contributed by atoms with E-state index in [4.69, 9.17) is 9.47 Å². The molecule has 0 saturated carbocycles. The van der Waals surface area contributed by atoms with Gasteiger partial charge in [-0.1, -0.05) is 12.1 Å². The van der Waals surface area contributed by atoms with Crippen LogP contribution in [-0.2, 0) is 16.0 Å². The molecule has 2 amide bonds. The maximum absolute atomic E-state index is 12.8. The van der Waals surface area contributed by atoms with E-state index in [9.17, 15) is 9.59 Å². The van der Waals surface area contributed by atoms with Gasteiger partial charge in [-0.3, -0.25) is 9.59 Å². The van der Waals surface area contributed by atoms with Crippen LogP contribution >= 0.6 is 0 Å². The fourth-order valence-electron chi connectivity index (χ4n) is 4.40. The van der Waals surface area contributed by atoms with Crippen molar-refractivity contribution >= 4 is 11.8 Å². The zero-order valence-corrected chi connectivity index (χ0v) is 16.6. The molecule has 2 saturated heterocycles. The van der Waals surface area contributed by atoms with Gasteiger partial charge in [0.1, 0.15) is 0 Å². The summed E-state index contributed by atoms with van der Waals surface area (Å²) in [5.74, 6) is 2.68. The second kappa shape index (κ2) is 8.63. The van der Waals surface area contributed by atoms with Crippen LogP contribution in [-0.4, -0.2) is 62.0 Å². The summed E-state index contributed by atoms with van der Waals surface area (Å²) in [6, 6.07) is 5.85. The third-order valence-corrected chi connectivity index (χ3v) is 6.03. The zero-order chi connectivity index (χ0) is 19.4. The highest BCUT2D eigenvalue weighted by Gasteiger charge is 2.35. The molecule has 27 heavy (non-hydrogen) atoms. The molecule has 0 aromatic heterocycles. The van der Waals surface area contributed by atoms with E-state index in [1.165, 1.54) is 0 Å². The molecule has 148 valence electrons. The van der Waals surface area contributed by atoms with Crippen molar-refractivity contribution in [3.63, 3.8) is 0 Å². The Balaban J connectivity index is 1.64. The number of carbonyl (C=O) groups excluding carboxylic acids is 2. The van der Waals surface area contributed by atoms with Crippen molar-refractivity contribution in [3.8, 4) is 11.5 Å². The lowest BCUT2D eigenvalue weighted by Crippen LogP contribution is -2.42. The predicted molar refractivity (Wildman–Crippen MR) is 103 cm³/mol. The average Bonchev–Trinajstić information content (AvgIpc) is 2.83. The van der Waals surface area contributed by atoms with Crippen LogP contribution in [0.2, 0.25) is 0 Å². The van der Waals surface area contributed by atoms with Gasteiger partial charge in [0.15, 0.2) is 11.5 Å². The summed E-state index contributed by atoms with van der Waals surface area (Å²) < 4.78 is 10.9. The first kappa shape index (κ1) is 19.5. The second-order valence-electron chi connectivity index (χ2n) is 7.55. The van der Waals surface area contributed by atoms with Crippen molar-refractivity contribution in [2.24, 2.45) is 11.8 Å². The number of hydrogen-bond acceptors (Lipinski definition) is 4. The smallest absolute Gasteiger partial charge is 0.222 e. The SMILES string of the molecule is COc1cccc(CCN2CCC3CN(C(C)=O)CCC3CC2=O)c1OC. The van der Waals surface area contributed by atoms with E-state index in [2.05, 4.69) is 0 Å². The molecular formula is C21H30N2O4. The van der Waals surface area contributed by atoms with Crippen LogP contribution in [0.1, 0.15) is 31.7 Å². The highest BCUT2D eigenvalue weighted by atomic mass is 16.5. The lowest BCUT2D eigenvalue weighted by molar-refractivity contribution is -0.132. The molecule has 2 unspecified atom stereocenters. The molecule has 0 radical (unpaired) electrons. The number of nitrogens with zero attached hydrogens (tertiary/aromatic N) is 2. The number of para-hydroxylation sites is 1. The molecule has 2 atom stereocenters. The maximum atomic E-state index is 12.8. The summed E-state index contributed by atoms with van der Waals surface area (Å²) in [6.07, 6.45) is 3.25. The molecule has 2 heterocycles. The summed E-state index contributed by atoms with van der Waals surface area (Å²) in [5, 5.41) is 0. The van der Waals surface area contributed by atoms with Gasteiger partial charge in [0.25, 0.3) is 0 Å². The number of likely N-dealkylation sites (tertiary alicyclic amines) is 2. The minimum Gasteiger partial charge on any atom is -0.493 e. The number of carbonyl (C=O) groups is 2. The molecule has 3 rings (SSSR count). The summed E-state index contributed by atoms with van der Waals surface area (Å²) in [5.41, 5.74) is 1.05. The fraction of sp³-hybridized carbons (Fsp3) is 0.619. The van der Waals surface area contributed by atoms with Gasteiger partial charge in [-0.2, -0.15) is 0 Å². The standard InChI is InChI=1S/C21H30N2O4/c1-15(24)23-12-8-17-13-20(25)22(11-9-18(17)14-23)10-7-16-5-4-6-19(26-2)21(16)27-3/h4-6,17-18H,7-14H2,1-3H3.